The van der Waals surface area contributed by atoms with Crippen LogP contribution < -0.4 is 5.32 Å². The Labute approximate surface area is 244 Å². The third kappa shape index (κ3) is 22.2. The standard InChI is InChI=1S/C34H67NO2S/c1-5-7-9-11-13-15-17-19-21-23-25-27-29-31-34(33(36)37-4,35-32(3)38)30-28-26-24-22-20-18-16-14-12-10-8-6-2/h5-31H2,1-4H3,(H,35,38). The van der Waals surface area contributed by atoms with Gasteiger partial charge in [-0.25, -0.2) is 4.79 Å². The maximum Gasteiger partial charge on any atom is 0.331 e. The average molecular weight is 554 g/mol. The van der Waals surface area contributed by atoms with Crippen LogP contribution in [-0.4, -0.2) is 23.6 Å². The van der Waals surface area contributed by atoms with E-state index in [1.54, 1.807) is 0 Å². The van der Waals surface area contributed by atoms with Crippen LogP contribution in [0, 0.1) is 0 Å². The number of carbonyl (C=O) groups is 1. The molecule has 1 unspecified atom stereocenters. The number of carbonyl (C=O) groups excluding carboxylic acids is 1. The van der Waals surface area contributed by atoms with Crippen molar-refractivity contribution in [2.45, 2.75) is 200 Å². The van der Waals surface area contributed by atoms with Crippen molar-refractivity contribution in [1.29, 1.82) is 0 Å². The quantitative estimate of drug-likeness (QED) is 0.0568. The first-order chi connectivity index (χ1) is 18.5. The van der Waals surface area contributed by atoms with Gasteiger partial charge in [-0.15, -0.1) is 0 Å². The van der Waals surface area contributed by atoms with Crippen molar-refractivity contribution in [2.24, 2.45) is 0 Å². The molecule has 1 atom stereocenters. The maximum absolute atomic E-state index is 12.9. The number of unbranched alkanes of at least 4 members (excludes halogenated alkanes) is 23. The number of rotatable bonds is 29. The van der Waals surface area contributed by atoms with E-state index in [1.807, 2.05) is 6.92 Å². The zero-order valence-corrected chi connectivity index (χ0v) is 27.1. The smallest absolute Gasteiger partial charge is 0.331 e. The summed E-state index contributed by atoms with van der Waals surface area (Å²) in [6.07, 6.45) is 34.9. The first-order valence-corrected chi connectivity index (χ1v) is 17.3. The van der Waals surface area contributed by atoms with Crippen molar-refractivity contribution in [2.75, 3.05) is 7.11 Å². The predicted molar refractivity (Wildman–Crippen MR) is 172 cm³/mol. The average Bonchev–Trinajstić information content (AvgIpc) is 2.90. The Morgan fingerprint density at radius 1 is 0.553 bits per heavy atom. The van der Waals surface area contributed by atoms with Crippen molar-refractivity contribution in [3.8, 4) is 0 Å². The molecule has 0 saturated heterocycles. The number of hydrogen-bond acceptors (Lipinski definition) is 3. The lowest BCUT2D eigenvalue weighted by Gasteiger charge is -2.33. The molecule has 0 aromatic heterocycles. The second-order valence-electron chi connectivity index (χ2n) is 11.9. The van der Waals surface area contributed by atoms with Crippen molar-refractivity contribution < 1.29 is 9.53 Å². The van der Waals surface area contributed by atoms with Gasteiger partial charge in [0.25, 0.3) is 0 Å². The largest absolute Gasteiger partial charge is 0.467 e. The van der Waals surface area contributed by atoms with E-state index < -0.39 is 5.54 Å². The summed E-state index contributed by atoms with van der Waals surface area (Å²) in [5.41, 5.74) is -0.642. The first kappa shape index (κ1) is 37.4. The van der Waals surface area contributed by atoms with Gasteiger partial charge in [-0.2, -0.15) is 0 Å². The molecule has 4 heteroatoms. The van der Waals surface area contributed by atoms with E-state index in [0.29, 0.717) is 4.99 Å². The molecular formula is C34H67NO2S. The summed E-state index contributed by atoms with van der Waals surface area (Å²) in [5.74, 6) is -0.135. The second kappa shape index (κ2) is 27.9. The van der Waals surface area contributed by atoms with Gasteiger partial charge in [0.15, 0.2) is 0 Å². The predicted octanol–water partition coefficient (Wildman–Crippen LogP) is 11.4. The minimum Gasteiger partial charge on any atom is -0.467 e. The highest BCUT2D eigenvalue weighted by molar-refractivity contribution is 7.80. The molecule has 0 spiro atoms. The molecule has 0 bridgehead atoms. The van der Waals surface area contributed by atoms with E-state index >= 15 is 0 Å². The van der Waals surface area contributed by atoms with E-state index in [9.17, 15) is 4.79 Å². The molecule has 0 aliphatic carbocycles. The summed E-state index contributed by atoms with van der Waals surface area (Å²) in [6.45, 7) is 6.45. The lowest BCUT2D eigenvalue weighted by molar-refractivity contribution is -0.148. The molecule has 226 valence electrons. The van der Waals surface area contributed by atoms with Gasteiger partial charge in [-0.1, -0.05) is 187 Å². The highest BCUT2D eigenvalue weighted by Gasteiger charge is 2.38. The summed E-state index contributed by atoms with van der Waals surface area (Å²) in [6, 6.07) is 0. The number of ether oxygens (including phenoxy) is 1. The van der Waals surface area contributed by atoms with Crippen LogP contribution in [0.2, 0.25) is 0 Å². The molecule has 0 rings (SSSR count). The number of esters is 1. The Hall–Kier alpha value is -0.640. The maximum atomic E-state index is 12.9. The lowest BCUT2D eigenvalue weighted by atomic mass is 9.86. The summed E-state index contributed by atoms with van der Waals surface area (Å²) in [7, 11) is 1.52. The topological polar surface area (TPSA) is 38.3 Å². The fraction of sp³-hybridized carbons (Fsp3) is 0.941. The summed E-state index contributed by atoms with van der Waals surface area (Å²) in [5, 5.41) is 3.38. The van der Waals surface area contributed by atoms with Gasteiger partial charge in [-0.05, 0) is 19.8 Å². The summed E-state index contributed by atoms with van der Waals surface area (Å²) < 4.78 is 5.28. The summed E-state index contributed by atoms with van der Waals surface area (Å²) in [4.78, 5) is 13.6. The Bertz CT molecular complexity index is 539. The van der Waals surface area contributed by atoms with E-state index in [2.05, 4.69) is 19.2 Å². The second-order valence-corrected chi connectivity index (χ2v) is 12.5. The van der Waals surface area contributed by atoms with Crippen LogP contribution >= 0.6 is 12.2 Å². The SMILES string of the molecule is CCCCCCCCCCCCCCCC(CCCCCCCCCCCCCC)(NC(C)=S)C(=O)OC. The highest BCUT2D eigenvalue weighted by atomic mass is 32.1. The molecule has 0 aromatic carbocycles. The van der Waals surface area contributed by atoms with Gasteiger partial charge in [0.05, 0.1) is 12.1 Å². The Morgan fingerprint density at radius 3 is 1.05 bits per heavy atom. The molecule has 0 amide bonds. The molecule has 38 heavy (non-hydrogen) atoms. The van der Waals surface area contributed by atoms with Gasteiger partial charge in [0.1, 0.15) is 5.54 Å². The van der Waals surface area contributed by atoms with Crippen LogP contribution in [0.1, 0.15) is 194 Å². The molecule has 0 radical (unpaired) electrons. The van der Waals surface area contributed by atoms with Gasteiger partial charge in [0, 0.05) is 0 Å². The number of nitrogens with one attached hydrogen (secondary N) is 1. The highest BCUT2D eigenvalue weighted by Crippen LogP contribution is 2.26. The van der Waals surface area contributed by atoms with Crippen molar-refractivity contribution >= 4 is 23.2 Å². The summed E-state index contributed by atoms with van der Waals surface area (Å²) >= 11 is 5.39. The number of thiocarbonyl (C=S) groups is 1. The fourth-order valence-corrected chi connectivity index (χ4v) is 5.95. The first-order valence-electron chi connectivity index (χ1n) is 16.9. The van der Waals surface area contributed by atoms with Crippen LogP contribution in [0.5, 0.6) is 0 Å². The van der Waals surface area contributed by atoms with Gasteiger partial charge >= 0.3 is 5.97 Å². The fourth-order valence-electron chi connectivity index (χ4n) is 5.75. The third-order valence-corrected chi connectivity index (χ3v) is 8.26. The zero-order valence-electron chi connectivity index (χ0n) is 26.3. The molecule has 0 saturated carbocycles. The normalized spacial score (nSPS) is 12.8. The monoisotopic (exact) mass is 553 g/mol. The molecule has 1 N–H and O–H groups in total. The van der Waals surface area contributed by atoms with E-state index in [1.165, 1.54) is 155 Å². The number of methoxy groups -OCH3 is 1. The Balaban J connectivity index is 4.13. The van der Waals surface area contributed by atoms with Gasteiger partial charge in [0.2, 0.25) is 0 Å². The Morgan fingerprint density at radius 2 is 0.816 bits per heavy atom. The lowest BCUT2D eigenvalue weighted by Crippen LogP contribution is -2.54. The Kier molecular flexibility index (Phi) is 27.4. The molecule has 0 aliphatic rings. The van der Waals surface area contributed by atoms with Crippen LogP contribution in [0.15, 0.2) is 0 Å². The molecule has 0 aromatic rings. The van der Waals surface area contributed by atoms with Gasteiger partial charge in [-0.3, -0.25) is 0 Å². The van der Waals surface area contributed by atoms with Crippen molar-refractivity contribution in [3.05, 3.63) is 0 Å². The van der Waals surface area contributed by atoms with E-state index in [4.69, 9.17) is 17.0 Å². The number of hydrogen-bond donors (Lipinski definition) is 1. The van der Waals surface area contributed by atoms with Crippen LogP contribution in [0.4, 0.5) is 0 Å². The van der Waals surface area contributed by atoms with Crippen LogP contribution in [-0.2, 0) is 9.53 Å². The molecular weight excluding hydrogens is 486 g/mol. The van der Waals surface area contributed by atoms with Crippen molar-refractivity contribution in [1.82, 2.24) is 5.32 Å². The molecule has 0 heterocycles. The van der Waals surface area contributed by atoms with Crippen molar-refractivity contribution in [3.63, 3.8) is 0 Å². The minimum absolute atomic E-state index is 0.135. The minimum atomic E-state index is -0.642. The van der Waals surface area contributed by atoms with E-state index in [-0.39, 0.29) is 5.97 Å². The molecule has 0 fully saturated rings. The van der Waals surface area contributed by atoms with Gasteiger partial charge < -0.3 is 10.1 Å². The van der Waals surface area contributed by atoms with Crippen LogP contribution in [0.25, 0.3) is 0 Å². The van der Waals surface area contributed by atoms with Crippen LogP contribution in [0.3, 0.4) is 0 Å². The zero-order chi connectivity index (χ0) is 28.2. The third-order valence-electron chi connectivity index (χ3n) is 8.16. The van der Waals surface area contributed by atoms with E-state index in [0.717, 1.165) is 25.7 Å². The molecule has 3 nitrogen and oxygen atoms in total. The molecule has 0 aliphatic heterocycles.